The second kappa shape index (κ2) is 8.52. The Labute approximate surface area is 201 Å². The van der Waals surface area contributed by atoms with Crippen molar-refractivity contribution in [3.8, 4) is 0 Å². The topological polar surface area (TPSA) is 79.5 Å². The van der Waals surface area contributed by atoms with E-state index in [0.29, 0.717) is 38.6 Å². The van der Waals surface area contributed by atoms with Crippen molar-refractivity contribution < 1.29 is 9.21 Å². The Bertz CT molecular complexity index is 1510. The monoisotopic (exact) mass is 474 g/mol. The Balaban J connectivity index is 1.66. The summed E-state index contributed by atoms with van der Waals surface area (Å²) in [4.78, 5) is 27.2. The molecule has 8 heteroatoms. The van der Waals surface area contributed by atoms with Gasteiger partial charge in [0.25, 0.3) is 5.91 Å². The summed E-state index contributed by atoms with van der Waals surface area (Å²) in [7, 11) is 5.70. The first-order chi connectivity index (χ1) is 16.3. The molecule has 0 fully saturated rings. The maximum atomic E-state index is 13.1. The van der Waals surface area contributed by atoms with Crippen LogP contribution in [-0.4, -0.2) is 29.5 Å². The molecule has 2 heterocycles. The van der Waals surface area contributed by atoms with Gasteiger partial charge in [0.1, 0.15) is 0 Å². The summed E-state index contributed by atoms with van der Waals surface area (Å²) in [6, 6.07) is 18.8. The second-order valence-corrected chi connectivity index (χ2v) is 9.00. The van der Waals surface area contributed by atoms with Gasteiger partial charge in [-0.1, -0.05) is 35.9 Å². The Morgan fingerprint density at radius 2 is 1.82 bits per heavy atom. The minimum absolute atomic E-state index is 0.237. The minimum atomic E-state index is -0.440. The Kier molecular flexibility index (Phi) is 5.51. The summed E-state index contributed by atoms with van der Waals surface area (Å²) in [6.45, 7) is 0.828. The van der Waals surface area contributed by atoms with Crippen LogP contribution in [0.2, 0.25) is 5.02 Å². The fourth-order valence-corrected chi connectivity index (χ4v) is 4.34. The molecule has 2 N–H and O–H groups in total. The first-order valence-corrected chi connectivity index (χ1v) is 11.1. The number of fused-ring (bicyclic) bond motifs is 2. The number of nitrogens with one attached hydrogen (secondary N) is 2. The van der Waals surface area contributed by atoms with Crippen molar-refractivity contribution in [3.05, 3.63) is 92.9 Å². The first kappa shape index (κ1) is 22.0. The van der Waals surface area contributed by atoms with Crippen LogP contribution < -0.4 is 16.4 Å². The molecule has 0 radical (unpaired) electrons. The summed E-state index contributed by atoms with van der Waals surface area (Å²) in [5.41, 5.74) is 6.33. The van der Waals surface area contributed by atoms with Crippen LogP contribution in [0.4, 0.5) is 11.4 Å². The molecule has 0 aliphatic carbocycles. The molecule has 0 unspecified atom stereocenters. The Hall–Kier alpha value is -3.81. The van der Waals surface area contributed by atoms with E-state index in [1.165, 1.54) is 10.1 Å². The largest absolute Gasteiger partial charge is 0.419 e. The van der Waals surface area contributed by atoms with Gasteiger partial charge >= 0.3 is 5.76 Å². The Morgan fingerprint density at radius 3 is 2.56 bits per heavy atom. The van der Waals surface area contributed by atoms with E-state index in [-0.39, 0.29) is 5.91 Å². The summed E-state index contributed by atoms with van der Waals surface area (Å²) in [5.74, 6) is -0.678. The van der Waals surface area contributed by atoms with Crippen LogP contribution >= 0.6 is 11.6 Å². The number of nitrogens with zero attached hydrogens (tertiary/aromatic N) is 2. The molecule has 4 aromatic rings. The lowest BCUT2D eigenvalue weighted by Gasteiger charge is -2.16. The first-order valence-electron chi connectivity index (χ1n) is 10.8. The molecule has 7 nitrogen and oxygen atoms in total. The molecule has 0 bridgehead atoms. The van der Waals surface area contributed by atoms with E-state index in [4.69, 9.17) is 16.0 Å². The summed E-state index contributed by atoms with van der Waals surface area (Å²) < 4.78 is 6.85. The van der Waals surface area contributed by atoms with Gasteiger partial charge in [-0.2, -0.15) is 0 Å². The van der Waals surface area contributed by atoms with Gasteiger partial charge < -0.3 is 20.0 Å². The van der Waals surface area contributed by atoms with Crippen molar-refractivity contribution in [2.45, 2.75) is 6.54 Å². The maximum absolute atomic E-state index is 13.1. The predicted molar refractivity (Wildman–Crippen MR) is 136 cm³/mol. The van der Waals surface area contributed by atoms with E-state index in [1.54, 1.807) is 25.2 Å². The molecular formula is C26H23ClN4O3. The van der Waals surface area contributed by atoms with E-state index >= 15 is 0 Å². The van der Waals surface area contributed by atoms with Gasteiger partial charge in [-0.15, -0.1) is 0 Å². The molecule has 0 spiro atoms. The van der Waals surface area contributed by atoms with Crippen molar-refractivity contribution in [2.75, 3.05) is 24.7 Å². The molecule has 172 valence electrons. The van der Waals surface area contributed by atoms with E-state index in [9.17, 15) is 9.59 Å². The van der Waals surface area contributed by atoms with Crippen molar-refractivity contribution in [2.24, 2.45) is 7.05 Å². The SMILES string of the molecule is CN(C)Cc1ccc(N/C(=C2\C(=O)Nc3cc(Cl)ccc32)c2ccc3c(c2)oc(=O)n3C)cc1. The number of hydrogen-bond acceptors (Lipinski definition) is 5. The van der Waals surface area contributed by atoms with Gasteiger partial charge in [0, 0.05) is 35.4 Å². The van der Waals surface area contributed by atoms with Gasteiger partial charge in [-0.3, -0.25) is 9.36 Å². The number of halogens is 1. The number of carbonyl (C=O) groups is 1. The van der Waals surface area contributed by atoms with Crippen molar-refractivity contribution in [1.82, 2.24) is 9.47 Å². The minimum Gasteiger partial charge on any atom is -0.408 e. The molecule has 0 atom stereocenters. The molecule has 0 saturated heterocycles. The molecule has 1 aliphatic rings. The second-order valence-electron chi connectivity index (χ2n) is 8.56. The highest BCUT2D eigenvalue weighted by atomic mass is 35.5. The average Bonchev–Trinajstić information content (AvgIpc) is 3.26. The van der Waals surface area contributed by atoms with Crippen LogP contribution in [0.25, 0.3) is 22.4 Å². The average molecular weight is 475 g/mol. The number of carbonyl (C=O) groups excluding carboxylic acids is 1. The molecule has 5 rings (SSSR count). The van der Waals surface area contributed by atoms with Crippen LogP contribution in [0, 0.1) is 0 Å². The van der Waals surface area contributed by atoms with Gasteiger partial charge in [-0.05, 0) is 56.1 Å². The third kappa shape index (κ3) is 4.00. The van der Waals surface area contributed by atoms with Gasteiger partial charge in [0.2, 0.25) is 0 Å². The van der Waals surface area contributed by atoms with Gasteiger partial charge in [0.05, 0.1) is 22.5 Å². The zero-order valence-corrected chi connectivity index (χ0v) is 19.7. The Morgan fingerprint density at radius 1 is 1.06 bits per heavy atom. The predicted octanol–water partition coefficient (Wildman–Crippen LogP) is 4.78. The highest BCUT2D eigenvalue weighted by Crippen LogP contribution is 2.39. The van der Waals surface area contributed by atoms with E-state index in [0.717, 1.165) is 17.8 Å². The van der Waals surface area contributed by atoms with Crippen LogP contribution in [-0.2, 0) is 18.4 Å². The summed E-state index contributed by atoms with van der Waals surface area (Å²) in [5, 5.41) is 6.88. The fourth-order valence-electron chi connectivity index (χ4n) is 4.16. The number of benzene rings is 3. The van der Waals surface area contributed by atoms with Gasteiger partial charge in [0.15, 0.2) is 5.58 Å². The normalized spacial score (nSPS) is 14.4. The zero-order valence-electron chi connectivity index (χ0n) is 19.0. The highest BCUT2D eigenvalue weighted by molar-refractivity contribution is 6.38. The molecule has 0 saturated carbocycles. The molecule has 1 aromatic heterocycles. The zero-order chi connectivity index (χ0) is 24.0. The number of aryl methyl sites for hydroxylation is 1. The quantitative estimate of drug-likeness (QED) is 0.407. The van der Waals surface area contributed by atoms with Crippen LogP contribution in [0.3, 0.4) is 0 Å². The number of oxazole rings is 1. The van der Waals surface area contributed by atoms with Crippen molar-refractivity contribution >= 4 is 51.3 Å². The number of anilines is 2. The maximum Gasteiger partial charge on any atom is 0.419 e. The van der Waals surface area contributed by atoms with E-state index < -0.39 is 5.76 Å². The van der Waals surface area contributed by atoms with Gasteiger partial charge in [-0.25, -0.2) is 4.79 Å². The third-order valence-electron chi connectivity index (χ3n) is 5.78. The molecule has 34 heavy (non-hydrogen) atoms. The van der Waals surface area contributed by atoms with Crippen molar-refractivity contribution in [3.63, 3.8) is 0 Å². The number of amides is 1. The molecule has 1 amide bonds. The van der Waals surface area contributed by atoms with E-state index in [1.807, 2.05) is 56.6 Å². The smallest absolute Gasteiger partial charge is 0.408 e. The molecule has 3 aromatic carbocycles. The standard InChI is InChI=1S/C26H23ClN4O3/c1-30(2)14-15-4-8-18(9-5-15)28-24(16-6-11-21-22(12-16)34-26(33)31(21)3)23-19-10-7-17(27)13-20(19)29-25(23)32/h4-13,28H,14H2,1-3H3,(H,29,32)/b24-23-. The summed E-state index contributed by atoms with van der Waals surface area (Å²) >= 11 is 6.15. The lowest BCUT2D eigenvalue weighted by Crippen LogP contribution is -2.11. The van der Waals surface area contributed by atoms with Crippen molar-refractivity contribution in [1.29, 1.82) is 0 Å². The molecular weight excluding hydrogens is 452 g/mol. The summed E-state index contributed by atoms with van der Waals surface area (Å²) in [6.07, 6.45) is 0. The number of rotatable bonds is 5. The molecule has 1 aliphatic heterocycles. The number of aromatic nitrogens is 1. The number of hydrogen-bond donors (Lipinski definition) is 2. The lowest BCUT2D eigenvalue weighted by atomic mass is 9.99. The fraction of sp³-hybridized carbons (Fsp3) is 0.154. The van der Waals surface area contributed by atoms with Crippen LogP contribution in [0.5, 0.6) is 0 Å². The van der Waals surface area contributed by atoms with Crippen LogP contribution in [0.15, 0.2) is 69.9 Å². The lowest BCUT2D eigenvalue weighted by molar-refractivity contribution is -0.110. The third-order valence-corrected chi connectivity index (χ3v) is 6.01. The highest BCUT2D eigenvalue weighted by Gasteiger charge is 2.29. The van der Waals surface area contributed by atoms with E-state index in [2.05, 4.69) is 15.5 Å². The van der Waals surface area contributed by atoms with Crippen LogP contribution in [0.1, 0.15) is 16.7 Å².